The van der Waals surface area contributed by atoms with Crippen LogP contribution >= 0.6 is 11.6 Å². The van der Waals surface area contributed by atoms with Crippen molar-refractivity contribution in [2.45, 2.75) is 51.4 Å². The van der Waals surface area contributed by atoms with Crippen LogP contribution in [0.5, 0.6) is 0 Å². The third kappa shape index (κ3) is 4.67. The SMILES string of the molecule is CCCC(C(=O)Nc1ccc(Cl)cc1)[C@H]1CC[C@H](c2ccnc3ccccc32)CC1. The molecule has 1 fully saturated rings. The first-order valence-corrected chi connectivity index (χ1v) is 11.4. The Bertz CT molecular complexity index is 988. The van der Waals surface area contributed by atoms with E-state index in [-0.39, 0.29) is 11.8 Å². The van der Waals surface area contributed by atoms with Crippen molar-refractivity contribution in [1.82, 2.24) is 4.98 Å². The van der Waals surface area contributed by atoms with Crippen molar-refractivity contribution in [3.63, 3.8) is 0 Å². The van der Waals surface area contributed by atoms with Crippen molar-refractivity contribution in [2.24, 2.45) is 11.8 Å². The number of halogens is 1. The fraction of sp³-hybridized carbons (Fsp3) is 0.385. The summed E-state index contributed by atoms with van der Waals surface area (Å²) >= 11 is 5.97. The zero-order valence-corrected chi connectivity index (χ0v) is 18.2. The number of carbonyl (C=O) groups is 1. The number of hydrogen-bond acceptors (Lipinski definition) is 2. The van der Waals surface area contributed by atoms with Gasteiger partial charge in [0.05, 0.1) is 5.52 Å². The van der Waals surface area contributed by atoms with Gasteiger partial charge in [0.2, 0.25) is 5.91 Å². The molecular weight excluding hydrogens is 392 g/mol. The number of rotatable bonds is 6. The number of nitrogens with one attached hydrogen (secondary N) is 1. The minimum atomic E-state index is 0.0702. The van der Waals surface area contributed by atoms with Crippen molar-refractivity contribution >= 4 is 34.1 Å². The summed E-state index contributed by atoms with van der Waals surface area (Å²) in [7, 11) is 0. The summed E-state index contributed by atoms with van der Waals surface area (Å²) in [6.45, 7) is 2.16. The second-order valence-electron chi connectivity index (χ2n) is 8.42. The molecule has 156 valence electrons. The molecule has 1 aliphatic carbocycles. The Morgan fingerprint density at radius 3 is 2.53 bits per heavy atom. The van der Waals surface area contributed by atoms with Gasteiger partial charge in [-0.1, -0.05) is 43.1 Å². The van der Waals surface area contributed by atoms with Gasteiger partial charge in [-0.15, -0.1) is 0 Å². The maximum atomic E-state index is 13.1. The van der Waals surface area contributed by atoms with Crippen LogP contribution in [-0.2, 0) is 4.79 Å². The number of anilines is 1. The van der Waals surface area contributed by atoms with Crippen molar-refractivity contribution in [3.8, 4) is 0 Å². The molecule has 2 aromatic carbocycles. The van der Waals surface area contributed by atoms with Crippen molar-refractivity contribution in [1.29, 1.82) is 0 Å². The second-order valence-corrected chi connectivity index (χ2v) is 8.86. The normalized spacial score (nSPS) is 20.1. The molecule has 0 bridgehead atoms. The quantitative estimate of drug-likeness (QED) is 0.457. The predicted octanol–water partition coefficient (Wildman–Crippen LogP) is 7.22. The van der Waals surface area contributed by atoms with Crippen LogP contribution in [0.2, 0.25) is 5.02 Å². The standard InChI is InChI=1S/C26H29ClN2O/c1-2-5-23(26(30)29-21-14-12-20(27)13-15-21)19-10-8-18(9-11-19)22-16-17-28-25-7-4-3-6-24(22)25/h3-4,6-7,12-19,23H,2,5,8-11H2,1H3,(H,29,30)/t18-,19-,23?. The molecule has 1 aromatic heterocycles. The first kappa shape index (κ1) is 20.9. The molecular formula is C26H29ClN2O. The first-order valence-electron chi connectivity index (χ1n) is 11.1. The fourth-order valence-electron chi connectivity index (χ4n) is 4.97. The number of pyridine rings is 1. The van der Waals surface area contributed by atoms with E-state index in [4.69, 9.17) is 11.6 Å². The molecule has 0 saturated heterocycles. The summed E-state index contributed by atoms with van der Waals surface area (Å²) in [6, 6.07) is 18.0. The molecule has 1 atom stereocenters. The van der Waals surface area contributed by atoms with E-state index >= 15 is 0 Å². The van der Waals surface area contributed by atoms with Crippen LogP contribution in [0.4, 0.5) is 5.69 Å². The van der Waals surface area contributed by atoms with Gasteiger partial charge in [0.1, 0.15) is 0 Å². The van der Waals surface area contributed by atoms with Gasteiger partial charge in [0.15, 0.2) is 0 Å². The molecule has 0 spiro atoms. The van der Waals surface area contributed by atoms with Crippen LogP contribution in [0.25, 0.3) is 10.9 Å². The Balaban J connectivity index is 1.44. The van der Waals surface area contributed by atoms with E-state index < -0.39 is 0 Å². The number of para-hydroxylation sites is 1. The van der Waals surface area contributed by atoms with E-state index in [1.165, 1.54) is 10.9 Å². The summed E-state index contributed by atoms with van der Waals surface area (Å²) in [5, 5.41) is 5.07. The monoisotopic (exact) mass is 420 g/mol. The zero-order valence-electron chi connectivity index (χ0n) is 17.5. The number of amides is 1. The van der Waals surface area contributed by atoms with Gasteiger partial charge in [-0.05, 0) is 85.9 Å². The van der Waals surface area contributed by atoms with Crippen molar-refractivity contribution < 1.29 is 4.79 Å². The molecule has 30 heavy (non-hydrogen) atoms. The van der Waals surface area contributed by atoms with Crippen molar-refractivity contribution in [3.05, 3.63) is 71.4 Å². The van der Waals surface area contributed by atoms with Gasteiger partial charge >= 0.3 is 0 Å². The summed E-state index contributed by atoms with van der Waals surface area (Å²) < 4.78 is 0. The summed E-state index contributed by atoms with van der Waals surface area (Å²) in [6.07, 6.45) is 8.35. The van der Waals surface area contributed by atoms with Crippen LogP contribution < -0.4 is 5.32 Å². The van der Waals surface area contributed by atoms with Gasteiger partial charge < -0.3 is 5.32 Å². The maximum Gasteiger partial charge on any atom is 0.227 e. The molecule has 3 aromatic rings. The maximum absolute atomic E-state index is 13.1. The number of benzene rings is 2. The highest BCUT2D eigenvalue weighted by molar-refractivity contribution is 6.30. The molecule has 1 heterocycles. The summed E-state index contributed by atoms with van der Waals surface area (Å²) in [5.41, 5.74) is 3.31. The lowest BCUT2D eigenvalue weighted by Crippen LogP contribution is -2.31. The highest BCUT2D eigenvalue weighted by Crippen LogP contribution is 2.41. The Labute approximate surface area is 183 Å². The average Bonchev–Trinajstić information content (AvgIpc) is 2.79. The van der Waals surface area contributed by atoms with Crippen LogP contribution in [0.1, 0.15) is 56.9 Å². The van der Waals surface area contributed by atoms with Gasteiger partial charge in [-0.25, -0.2) is 0 Å². The summed E-state index contributed by atoms with van der Waals surface area (Å²) in [5.74, 6) is 1.22. The number of nitrogens with zero attached hydrogens (tertiary/aromatic N) is 1. The van der Waals surface area contributed by atoms with E-state index in [0.717, 1.165) is 49.7 Å². The highest BCUT2D eigenvalue weighted by Gasteiger charge is 2.32. The largest absolute Gasteiger partial charge is 0.326 e. The lowest BCUT2D eigenvalue weighted by Gasteiger charge is -2.34. The molecule has 1 aliphatic rings. The molecule has 1 unspecified atom stereocenters. The number of fused-ring (bicyclic) bond motifs is 1. The lowest BCUT2D eigenvalue weighted by molar-refractivity contribution is -0.122. The van der Waals surface area contributed by atoms with Gasteiger partial charge in [0.25, 0.3) is 0 Å². The molecule has 3 nitrogen and oxygen atoms in total. The summed E-state index contributed by atoms with van der Waals surface area (Å²) in [4.78, 5) is 17.6. The minimum absolute atomic E-state index is 0.0702. The highest BCUT2D eigenvalue weighted by atomic mass is 35.5. The smallest absolute Gasteiger partial charge is 0.227 e. The Morgan fingerprint density at radius 1 is 1.07 bits per heavy atom. The number of hydrogen-bond donors (Lipinski definition) is 1. The molecule has 4 heteroatoms. The molecule has 1 saturated carbocycles. The van der Waals surface area contributed by atoms with Crippen LogP contribution in [0, 0.1) is 11.8 Å². The Morgan fingerprint density at radius 2 is 1.80 bits per heavy atom. The molecule has 1 amide bonds. The van der Waals surface area contributed by atoms with Crippen molar-refractivity contribution in [2.75, 3.05) is 5.32 Å². The fourth-order valence-corrected chi connectivity index (χ4v) is 5.09. The molecule has 4 rings (SSSR count). The third-order valence-corrected chi connectivity index (χ3v) is 6.76. The van der Waals surface area contributed by atoms with Gasteiger partial charge in [-0.3, -0.25) is 9.78 Å². The van der Waals surface area contributed by atoms with E-state index in [1.807, 2.05) is 36.5 Å². The Kier molecular flexibility index (Phi) is 6.69. The predicted molar refractivity (Wildman–Crippen MR) is 125 cm³/mol. The topological polar surface area (TPSA) is 42.0 Å². The van der Waals surface area contributed by atoms with Crippen LogP contribution in [0.15, 0.2) is 60.8 Å². The first-order chi connectivity index (χ1) is 14.7. The lowest BCUT2D eigenvalue weighted by atomic mass is 9.72. The van der Waals surface area contributed by atoms with E-state index in [1.54, 1.807) is 0 Å². The van der Waals surface area contributed by atoms with Gasteiger partial charge in [-0.2, -0.15) is 0 Å². The number of carbonyl (C=O) groups excluding carboxylic acids is 1. The Hall–Kier alpha value is -2.39. The molecule has 1 N–H and O–H groups in total. The number of aromatic nitrogens is 1. The minimum Gasteiger partial charge on any atom is -0.326 e. The van der Waals surface area contributed by atoms with E-state index in [9.17, 15) is 4.79 Å². The van der Waals surface area contributed by atoms with Crippen LogP contribution in [0.3, 0.4) is 0 Å². The molecule has 0 aliphatic heterocycles. The zero-order chi connectivity index (χ0) is 20.9. The molecule has 0 radical (unpaired) electrons. The van der Waals surface area contributed by atoms with Gasteiger partial charge in [0, 0.05) is 28.2 Å². The van der Waals surface area contributed by atoms with E-state index in [2.05, 4.69) is 41.5 Å². The van der Waals surface area contributed by atoms with E-state index in [0.29, 0.717) is 16.9 Å². The third-order valence-electron chi connectivity index (χ3n) is 6.51. The average molecular weight is 421 g/mol. The second kappa shape index (κ2) is 9.61. The van der Waals surface area contributed by atoms with Crippen LogP contribution in [-0.4, -0.2) is 10.9 Å².